The van der Waals surface area contributed by atoms with Crippen LogP contribution in [-0.2, 0) is 4.79 Å². The van der Waals surface area contributed by atoms with Crippen LogP contribution in [0.25, 0.3) is 0 Å². The second-order valence-corrected chi connectivity index (χ2v) is 6.43. The first-order chi connectivity index (χ1) is 9.93. The normalized spacial score (nSPS) is 12.3. The molecule has 0 heterocycles. The number of amides is 1. The topological polar surface area (TPSA) is 50.4 Å². The Morgan fingerprint density at radius 1 is 1.33 bits per heavy atom. The van der Waals surface area contributed by atoms with Gasteiger partial charge in [-0.25, -0.2) is 0 Å². The molecule has 1 amide bonds. The summed E-state index contributed by atoms with van der Waals surface area (Å²) in [6.07, 6.45) is 0.978. The van der Waals surface area contributed by atoms with E-state index in [0.717, 1.165) is 22.2 Å². The van der Waals surface area contributed by atoms with Crippen LogP contribution in [0.15, 0.2) is 22.7 Å². The van der Waals surface area contributed by atoms with Gasteiger partial charge in [-0.1, -0.05) is 29.8 Å². The third kappa shape index (κ3) is 6.48. The number of hydrogen-bond donors (Lipinski definition) is 2. The lowest BCUT2D eigenvalue weighted by Gasteiger charge is -2.17. The van der Waals surface area contributed by atoms with E-state index in [1.165, 1.54) is 0 Å². The Balaban J connectivity index is 2.56. The number of carbonyl (C=O) groups is 1. The van der Waals surface area contributed by atoms with E-state index in [1.54, 1.807) is 0 Å². The average molecular weight is 357 g/mol. The minimum absolute atomic E-state index is 0.0448. The van der Waals surface area contributed by atoms with Gasteiger partial charge in [-0.15, -0.1) is 0 Å². The molecule has 0 aromatic heterocycles. The number of rotatable bonds is 8. The number of carbonyl (C=O) groups excluding carboxylic acids is 1. The minimum Gasteiger partial charge on any atom is -0.483 e. The lowest BCUT2D eigenvalue weighted by atomic mass is 10.1. The van der Waals surface area contributed by atoms with E-state index in [9.17, 15) is 4.79 Å². The fourth-order valence-electron chi connectivity index (χ4n) is 1.84. The van der Waals surface area contributed by atoms with Gasteiger partial charge in [0.1, 0.15) is 5.75 Å². The van der Waals surface area contributed by atoms with Crippen molar-refractivity contribution in [3.63, 3.8) is 0 Å². The van der Waals surface area contributed by atoms with Crippen LogP contribution < -0.4 is 15.4 Å². The van der Waals surface area contributed by atoms with Crippen molar-refractivity contribution < 1.29 is 9.53 Å². The van der Waals surface area contributed by atoms with E-state index in [4.69, 9.17) is 4.74 Å². The quantitative estimate of drug-likeness (QED) is 0.751. The fourth-order valence-corrected chi connectivity index (χ4v) is 2.22. The van der Waals surface area contributed by atoms with Crippen molar-refractivity contribution in [3.8, 4) is 5.75 Å². The Hall–Kier alpha value is -1.07. The second kappa shape index (κ2) is 9.05. The van der Waals surface area contributed by atoms with Gasteiger partial charge in [0.15, 0.2) is 6.61 Å². The van der Waals surface area contributed by atoms with Crippen molar-refractivity contribution in [2.24, 2.45) is 5.92 Å². The highest BCUT2D eigenvalue weighted by Crippen LogP contribution is 2.28. The summed E-state index contributed by atoms with van der Waals surface area (Å²) in [7, 11) is 1.90. The van der Waals surface area contributed by atoms with Crippen molar-refractivity contribution >= 4 is 21.8 Å². The van der Waals surface area contributed by atoms with Gasteiger partial charge in [0, 0.05) is 22.6 Å². The molecule has 1 aromatic rings. The Morgan fingerprint density at radius 3 is 2.67 bits per heavy atom. The van der Waals surface area contributed by atoms with Gasteiger partial charge in [0.25, 0.3) is 5.91 Å². The van der Waals surface area contributed by atoms with E-state index in [-0.39, 0.29) is 18.6 Å². The Kier molecular flexibility index (Phi) is 7.75. The van der Waals surface area contributed by atoms with Gasteiger partial charge in [-0.3, -0.25) is 4.79 Å². The monoisotopic (exact) mass is 356 g/mol. The largest absolute Gasteiger partial charge is 0.483 e. The van der Waals surface area contributed by atoms with Crippen molar-refractivity contribution in [3.05, 3.63) is 28.2 Å². The maximum Gasteiger partial charge on any atom is 0.257 e. The highest BCUT2D eigenvalue weighted by Gasteiger charge is 2.12. The Morgan fingerprint density at radius 2 is 2.05 bits per heavy atom. The van der Waals surface area contributed by atoms with E-state index >= 15 is 0 Å². The van der Waals surface area contributed by atoms with Crippen LogP contribution in [0, 0.1) is 5.92 Å². The van der Waals surface area contributed by atoms with Crippen LogP contribution in [0.2, 0.25) is 0 Å². The molecule has 0 aliphatic heterocycles. The maximum atomic E-state index is 11.8. The van der Waals surface area contributed by atoms with Crippen molar-refractivity contribution in [2.75, 3.05) is 20.2 Å². The summed E-state index contributed by atoms with van der Waals surface area (Å²) in [5, 5.41) is 6.05. The summed E-state index contributed by atoms with van der Waals surface area (Å²) in [5.74, 6) is 1.24. The molecule has 5 heteroatoms. The van der Waals surface area contributed by atoms with Crippen LogP contribution in [0.1, 0.15) is 38.8 Å². The third-order valence-electron chi connectivity index (χ3n) is 3.27. The highest BCUT2D eigenvalue weighted by molar-refractivity contribution is 9.10. The number of nitrogens with one attached hydrogen (secondary N) is 2. The molecule has 0 spiro atoms. The smallest absolute Gasteiger partial charge is 0.257 e. The SMILES string of the molecule is CNC(C)c1cc(Br)ccc1OCC(=O)NCCC(C)C. The van der Waals surface area contributed by atoms with Gasteiger partial charge < -0.3 is 15.4 Å². The molecule has 0 saturated carbocycles. The standard InChI is InChI=1S/C16H25BrN2O2/c1-11(2)7-8-19-16(20)10-21-15-6-5-13(17)9-14(15)12(3)18-4/h5-6,9,11-12,18H,7-8,10H2,1-4H3,(H,19,20). The van der Waals surface area contributed by atoms with Crippen molar-refractivity contribution in [1.82, 2.24) is 10.6 Å². The molecule has 1 aromatic carbocycles. The lowest BCUT2D eigenvalue weighted by Crippen LogP contribution is -2.30. The van der Waals surface area contributed by atoms with Gasteiger partial charge in [-0.2, -0.15) is 0 Å². The summed E-state index contributed by atoms with van der Waals surface area (Å²) in [5.41, 5.74) is 1.03. The van der Waals surface area contributed by atoms with Crippen LogP contribution in [0.3, 0.4) is 0 Å². The summed E-state index contributed by atoms with van der Waals surface area (Å²) in [4.78, 5) is 11.8. The molecule has 21 heavy (non-hydrogen) atoms. The van der Waals surface area contributed by atoms with E-state index in [1.807, 2.05) is 25.2 Å². The van der Waals surface area contributed by atoms with E-state index in [2.05, 4.69) is 47.3 Å². The zero-order chi connectivity index (χ0) is 15.8. The van der Waals surface area contributed by atoms with Crippen LogP contribution >= 0.6 is 15.9 Å². The van der Waals surface area contributed by atoms with Gasteiger partial charge >= 0.3 is 0 Å². The number of benzene rings is 1. The first-order valence-electron chi connectivity index (χ1n) is 7.30. The van der Waals surface area contributed by atoms with Crippen molar-refractivity contribution in [2.45, 2.75) is 33.2 Å². The molecule has 1 atom stereocenters. The Labute approximate surface area is 135 Å². The number of halogens is 1. The van der Waals surface area contributed by atoms with Gasteiger partial charge in [0.05, 0.1) is 0 Å². The molecule has 0 bridgehead atoms. The van der Waals surface area contributed by atoms with Crippen molar-refractivity contribution in [1.29, 1.82) is 0 Å². The molecule has 2 N–H and O–H groups in total. The first-order valence-corrected chi connectivity index (χ1v) is 8.09. The summed E-state index contributed by atoms with van der Waals surface area (Å²) in [6, 6.07) is 5.96. The molecule has 4 nitrogen and oxygen atoms in total. The number of ether oxygens (including phenoxy) is 1. The first kappa shape index (κ1) is 18.0. The highest BCUT2D eigenvalue weighted by atomic mass is 79.9. The zero-order valence-corrected chi connectivity index (χ0v) is 14.8. The molecule has 0 saturated heterocycles. The molecule has 118 valence electrons. The molecule has 1 rings (SSSR count). The maximum absolute atomic E-state index is 11.8. The third-order valence-corrected chi connectivity index (χ3v) is 3.77. The number of hydrogen-bond acceptors (Lipinski definition) is 3. The van der Waals surface area contributed by atoms with Crippen LogP contribution in [0.5, 0.6) is 5.75 Å². The summed E-state index contributed by atoms with van der Waals surface area (Å²) >= 11 is 3.46. The lowest BCUT2D eigenvalue weighted by molar-refractivity contribution is -0.123. The average Bonchev–Trinajstić information content (AvgIpc) is 2.44. The summed E-state index contributed by atoms with van der Waals surface area (Å²) < 4.78 is 6.66. The molecule has 1 unspecified atom stereocenters. The fraction of sp³-hybridized carbons (Fsp3) is 0.562. The van der Waals surface area contributed by atoms with Crippen LogP contribution in [-0.4, -0.2) is 26.1 Å². The minimum atomic E-state index is -0.0818. The molecule has 0 fully saturated rings. The van der Waals surface area contributed by atoms with Crippen LogP contribution in [0.4, 0.5) is 0 Å². The molecular weight excluding hydrogens is 332 g/mol. The molecule has 0 aliphatic rings. The summed E-state index contributed by atoms with van der Waals surface area (Å²) in [6.45, 7) is 7.06. The Bertz CT molecular complexity index is 464. The van der Waals surface area contributed by atoms with E-state index < -0.39 is 0 Å². The second-order valence-electron chi connectivity index (χ2n) is 5.51. The van der Waals surface area contributed by atoms with Gasteiger partial charge in [0.2, 0.25) is 0 Å². The molecule has 0 aliphatic carbocycles. The predicted octanol–water partition coefficient (Wildman–Crippen LogP) is 3.27. The zero-order valence-electron chi connectivity index (χ0n) is 13.2. The van der Waals surface area contributed by atoms with Gasteiger partial charge in [-0.05, 0) is 44.5 Å². The molecular formula is C16H25BrN2O2. The van der Waals surface area contributed by atoms with E-state index in [0.29, 0.717) is 12.5 Å². The predicted molar refractivity (Wildman–Crippen MR) is 89.6 cm³/mol. The molecule has 0 radical (unpaired) electrons.